The van der Waals surface area contributed by atoms with Crippen LogP contribution in [0.5, 0.6) is 0 Å². The Morgan fingerprint density at radius 1 is 1.37 bits per heavy atom. The average Bonchev–Trinajstić information content (AvgIpc) is 2.34. The van der Waals surface area contributed by atoms with Gasteiger partial charge in [0.25, 0.3) is 0 Å². The van der Waals surface area contributed by atoms with E-state index in [1.807, 2.05) is 6.92 Å². The summed E-state index contributed by atoms with van der Waals surface area (Å²) in [5.41, 5.74) is 6.25. The normalized spacial score (nSPS) is 11.9. The topological polar surface area (TPSA) is 104 Å². The van der Waals surface area contributed by atoms with Crippen molar-refractivity contribution >= 4 is 23.3 Å². The van der Waals surface area contributed by atoms with Gasteiger partial charge in [-0.15, -0.1) is 0 Å². The Morgan fingerprint density at radius 3 is 2.47 bits per heavy atom. The Bertz CT molecular complexity index is 488. The van der Waals surface area contributed by atoms with Crippen molar-refractivity contribution in [1.29, 1.82) is 0 Å². The zero-order valence-electron chi connectivity index (χ0n) is 11.0. The second-order valence-corrected chi connectivity index (χ2v) is 4.34. The molecule has 0 aliphatic rings. The molecule has 0 saturated heterocycles. The summed E-state index contributed by atoms with van der Waals surface area (Å²) < 4.78 is 0. The molecule has 1 rings (SSSR count). The van der Waals surface area contributed by atoms with Crippen molar-refractivity contribution in [2.45, 2.75) is 25.8 Å². The van der Waals surface area contributed by atoms with E-state index >= 15 is 0 Å². The van der Waals surface area contributed by atoms with E-state index in [1.165, 1.54) is 17.0 Å². The Labute approximate surface area is 111 Å². The molecule has 4 N–H and O–H groups in total. The molecular formula is C13H18N2O4. The van der Waals surface area contributed by atoms with Gasteiger partial charge in [-0.3, -0.25) is 0 Å². The molecule has 0 radical (unpaired) electrons. The van der Waals surface area contributed by atoms with Crippen LogP contribution in [0.15, 0.2) is 18.2 Å². The minimum absolute atomic E-state index is 0.00449. The van der Waals surface area contributed by atoms with Crippen LogP contribution in [0.25, 0.3) is 0 Å². The highest BCUT2D eigenvalue weighted by Gasteiger charge is 2.25. The number of hydrogen-bond acceptors (Lipinski definition) is 4. The van der Waals surface area contributed by atoms with E-state index in [1.54, 1.807) is 13.1 Å². The molecule has 0 aliphatic carbocycles. The van der Waals surface area contributed by atoms with Gasteiger partial charge in [-0.2, -0.15) is 0 Å². The number of benzene rings is 1. The van der Waals surface area contributed by atoms with Crippen molar-refractivity contribution in [3.63, 3.8) is 0 Å². The predicted molar refractivity (Wildman–Crippen MR) is 72.5 cm³/mol. The van der Waals surface area contributed by atoms with E-state index in [-0.39, 0.29) is 5.56 Å². The fraction of sp³-hybridized carbons (Fsp3) is 0.385. The lowest BCUT2D eigenvalue weighted by Crippen LogP contribution is -2.39. The monoisotopic (exact) mass is 266 g/mol. The maximum atomic E-state index is 11.2. The summed E-state index contributed by atoms with van der Waals surface area (Å²) in [4.78, 5) is 23.9. The lowest BCUT2D eigenvalue weighted by Gasteiger charge is -2.27. The number of hydrogen-bond donors (Lipinski definition) is 3. The van der Waals surface area contributed by atoms with Crippen LogP contribution < -0.4 is 10.6 Å². The summed E-state index contributed by atoms with van der Waals surface area (Å²) in [7, 11) is 1.58. The lowest BCUT2D eigenvalue weighted by molar-refractivity contribution is -0.138. The molecular weight excluding hydrogens is 248 g/mol. The number of carboxylic acids is 2. The number of nitrogens with zero attached hydrogens (tertiary/aromatic N) is 1. The number of carboxylic acid groups (broad SMARTS) is 2. The zero-order chi connectivity index (χ0) is 14.6. The average molecular weight is 266 g/mol. The standard InChI is InChI=1S/C13H18N2O4/c1-3-4-11(13(18)19)15(2)10-6-5-8(14)7-9(10)12(16)17/h5-7,11H,3-4,14H2,1-2H3,(H,16,17)(H,18,19). The van der Waals surface area contributed by atoms with E-state index < -0.39 is 18.0 Å². The number of likely N-dealkylation sites (N-methyl/N-ethyl adjacent to an activating group) is 1. The molecule has 1 aromatic rings. The molecule has 19 heavy (non-hydrogen) atoms. The van der Waals surface area contributed by atoms with Gasteiger partial charge in [-0.25, -0.2) is 9.59 Å². The smallest absolute Gasteiger partial charge is 0.337 e. The highest BCUT2D eigenvalue weighted by Crippen LogP contribution is 2.25. The highest BCUT2D eigenvalue weighted by atomic mass is 16.4. The molecule has 104 valence electrons. The first-order valence-electron chi connectivity index (χ1n) is 5.97. The van der Waals surface area contributed by atoms with Gasteiger partial charge in [0.05, 0.1) is 11.3 Å². The van der Waals surface area contributed by atoms with E-state index in [0.29, 0.717) is 24.2 Å². The van der Waals surface area contributed by atoms with Crippen LogP contribution in [0.4, 0.5) is 11.4 Å². The molecule has 1 atom stereocenters. The molecule has 0 fully saturated rings. The van der Waals surface area contributed by atoms with Gasteiger partial charge < -0.3 is 20.8 Å². The van der Waals surface area contributed by atoms with Crippen molar-refractivity contribution < 1.29 is 19.8 Å². The number of rotatable bonds is 6. The molecule has 0 bridgehead atoms. The minimum atomic E-state index is -1.13. The third-order valence-electron chi connectivity index (χ3n) is 2.95. The second-order valence-electron chi connectivity index (χ2n) is 4.34. The molecule has 0 spiro atoms. The van der Waals surface area contributed by atoms with Crippen LogP contribution in [0.1, 0.15) is 30.1 Å². The molecule has 0 saturated carbocycles. The quantitative estimate of drug-likeness (QED) is 0.676. The predicted octanol–water partition coefficient (Wildman–Crippen LogP) is 1.66. The summed E-state index contributed by atoms with van der Waals surface area (Å²) in [5, 5.41) is 18.4. The number of anilines is 2. The molecule has 1 unspecified atom stereocenters. The molecule has 0 aliphatic heterocycles. The molecule has 0 heterocycles. The van der Waals surface area contributed by atoms with E-state index in [9.17, 15) is 14.7 Å². The number of nitrogen functional groups attached to an aromatic ring is 1. The van der Waals surface area contributed by atoms with Crippen molar-refractivity contribution in [3.05, 3.63) is 23.8 Å². The van der Waals surface area contributed by atoms with Crippen LogP contribution in [0.3, 0.4) is 0 Å². The van der Waals surface area contributed by atoms with Crippen molar-refractivity contribution in [3.8, 4) is 0 Å². The maximum absolute atomic E-state index is 11.2. The Kier molecular flexibility index (Phi) is 4.74. The van der Waals surface area contributed by atoms with Crippen LogP contribution in [-0.4, -0.2) is 35.2 Å². The summed E-state index contributed by atoms with van der Waals surface area (Å²) in [6.07, 6.45) is 1.13. The fourth-order valence-electron chi connectivity index (χ4n) is 1.96. The third kappa shape index (κ3) is 3.37. The van der Waals surface area contributed by atoms with Gasteiger partial charge in [0.2, 0.25) is 0 Å². The Morgan fingerprint density at radius 2 is 2.00 bits per heavy atom. The third-order valence-corrected chi connectivity index (χ3v) is 2.95. The molecule has 0 amide bonds. The Hall–Kier alpha value is -2.24. The van der Waals surface area contributed by atoms with Crippen molar-refractivity contribution in [2.24, 2.45) is 0 Å². The largest absolute Gasteiger partial charge is 0.480 e. The number of carbonyl (C=O) groups is 2. The van der Waals surface area contributed by atoms with E-state index in [4.69, 9.17) is 10.8 Å². The first kappa shape index (κ1) is 14.8. The number of aromatic carboxylic acids is 1. The molecule has 6 heteroatoms. The lowest BCUT2D eigenvalue weighted by atomic mass is 10.1. The first-order valence-corrected chi connectivity index (χ1v) is 5.97. The summed E-state index contributed by atoms with van der Waals surface area (Å²) in [5.74, 6) is -2.10. The zero-order valence-corrected chi connectivity index (χ0v) is 11.0. The van der Waals surface area contributed by atoms with Gasteiger partial charge in [0, 0.05) is 12.7 Å². The van der Waals surface area contributed by atoms with Crippen molar-refractivity contribution in [1.82, 2.24) is 0 Å². The van der Waals surface area contributed by atoms with E-state index in [0.717, 1.165) is 0 Å². The summed E-state index contributed by atoms with van der Waals surface area (Å²) in [6, 6.07) is 3.67. The van der Waals surface area contributed by atoms with Crippen molar-refractivity contribution in [2.75, 3.05) is 17.7 Å². The fourth-order valence-corrected chi connectivity index (χ4v) is 1.96. The molecule has 6 nitrogen and oxygen atoms in total. The van der Waals surface area contributed by atoms with Crippen LogP contribution in [0.2, 0.25) is 0 Å². The second kappa shape index (κ2) is 6.08. The van der Waals surface area contributed by atoms with Gasteiger partial charge in [0.1, 0.15) is 6.04 Å². The molecule has 1 aromatic carbocycles. The number of nitrogens with two attached hydrogens (primary N) is 1. The minimum Gasteiger partial charge on any atom is -0.480 e. The molecule has 0 aromatic heterocycles. The van der Waals surface area contributed by atoms with Gasteiger partial charge in [0.15, 0.2) is 0 Å². The SMILES string of the molecule is CCCC(C(=O)O)N(C)c1ccc(N)cc1C(=O)O. The van der Waals surface area contributed by atoms with E-state index in [2.05, 4.69) is 0 Å². The number of aliphatic carboxylic acids is 1. The van der Waals surface area contributed by atoms with Crippen LogP contribution in [0, 0.1) is 0 Å². The van der Waals surface area contributed by atoms with Gasteiger partial charge >= 0.3 is 11.9 Å². The van der Waals surface area contributed by atoms with Crippen LogP contribution >= 0.6 is 0 Å². The summed E-state index contributed by atoms with van der Waals surface area (Å²) in [6.45, 7) is 1.88. The first-order chi connectivity index (χ1) is 8.88. The van der Waals surface area contributed by atoms with Gasteiger partial charge in [-0.1, -0.05) is 13.3 Å². The summed E-state index contributed by atoms with van der Waals surface area (Å²) >= 11 is 0. The van der Waals surface area contributed by atoms with Crippen LogP contribution in [-0.2, 0) is 4.79 Å². The highest BCUT2D eigenvalue weighted by molar-refractivity contribution is 5.96. The van der Waals surface area contributed by atoms with Gasteiger partial charge in [-0.05, 0) is 24.6 Å². The maximum Gasteiger partial charge on any atom is 0.337 e. The Balaban J connectivity index is 3.20.